The van der Waals surface area contributed by atoms with Gasteiger partial charge in [-0.15, -0.1) is 0 Å². The summed E-state index contributed by atoms with van der Waals surface area (Å²) in [4.78, 5) is 2.55. The van der Waals surface area contributed by atoms with Gasteiger partial charge in [0.05, 0.1) is 5.69 Å². The lowest BCUT2D eigenvalue weighted by atomic mass is 10.1. The van der Waals surface area contributed by atoms with Gasteiger partial charge in [0, 0.05) is 23.1 Å². The molecule has 18 heavy (non-hydrogen) atoms. The summed E-state index contributed by atoms with van der Waals surface area (Å²) in [6.45, 7) is 5.67. The van der Waals surface area contributed by atoms with E-state index in [-0.39, 0.29) is 0 Å². The molecule has 2 unspecified atom stereocenters. The van der Waals surface area contributed by atoms with Crippen molar-refractivity contribution in [2.75, 3.05) is 18.5 Å². The Morgan fingerprint density at radius 1 is 1.50 bits per heavy atom. The minimum absolute atomic E-state index is 0.399. The summed E-state index contributed by atoms with van der Waals surface area (Å²) in [6, 6.07) is 7.87. The molecular formula is C15H23BrN2. The first-order valence-corrected chi connectivity index (χ1v) is 7.70. The Morgan fingerprint density at radius 2 is 2.28 bits per heavy atom. The average Bonchev–Trinajstić information content (AvgIpc) is 2.85. The summed E-state index contributed by atoms with van der Waals surface area (Å²) in [6.07, 6.45) is 3.89. The first-order valence-electron chi connectivity index (χ1n) is 6.90. The molecule has 2 nitrogen and oxygen atoms in total. The maximum absolute atomic E-state index is 3.74. The van der Waals surface area contributed by atoms with Crippen molar-refractivity contribution in [1.82, 2.24) is 5.32 Å². The molecule has 1 N–H and O–H groups in total. The zero-order valence-corrected chi connectivity index (χ0v) is 13.1. The third-order valence-corrected chi connectivity index (χ3v) is 4.70. The molecule has 3 heteroatoms. The maximum Gasteiger partial charge on any atom is 0.0513 e. The molecule has 100 valence electrons. The molecule has 0 aliphatic carbocycles. The van der Waals surface area contributed by atoms with Crippen LogP contribution >= 0.6 is 15.9 Å². The highest BCUT2D eigenvalue weighted by molar-refractivity contribution is 9.10. The first kappa shape index (κ1) is 13.9. The van der Waals surface area contributed by atoms with Crippen molar-refractivity contribution in [1.29, 1.82) is 0 Å². The van der Waals surface area contributed by atoms with Crippen molar-refractivity contribution < 1.29 is 0 Å². The van der Waals surface area contributed by atoms with Crippen LogP contribution in [0.25, 0.3) is 0 Å². The first-order chi connectivity index (χ1) is 8.67. The molecule has 1 aromatic carbocycles. The van der Waals surface area contributed by atoms with Crippen molar-refractivity contribution in [3.05, 3.63) is 28.2 Å². The number of hydrogen-bond acceptors (Lipinski definition) is 2. The molecule has 2 atom stereocenters. The molecule has 1 aliphatic rings. The molecule has 1 saturated heterocycles. The summed E-state index contributed by atoms with van der Waals surface area (Å²) in [5, 5.41) is 3.28. The Hall–Kier alpha value is -0.540. The Morgan fingerprint density at radius 3 is 2.89 bits per heavy atom. The van der Waals surface area contributed by atoms with Gasteiger partial charge < -0.3 is 10.2 Å². The molecule has 0 radical (unpaired) electrons. The molecule has 1 aliphatic heterocycles. The monoisotopic (exact) mass is 310 g/mol. The third kappa shape index (κ3) is 2.72. The van der Waals surface area contributed by atoms with Gasteiger partial charge in [-0.1, -0.05) is 13.0 Å². The van der Waals surface area contributed by atoms with E-state index in [2.05, 4.69) is 58.2 Å². The fraction of sp³-hybridized carbons (Fsp3) is 0.600. The second kappa shape index (κ2) is 6.07. The van der Waals surface area contributed by atoms with E-state index in [4.69, 9.17) is 0 Å². The molecule has 0 aromatic heterocycles. The van der Waals surface area contributed by atoms with Crippen LogP contribution < -0.4 is 10.2 Å². The van der Waals surface area contributed by atoms with Crippen LogP contribution in [0.4, 0.5) is 5.69 Å². The molecule has 1 aromatic rings. The summed E-state index contributed by atoms with van der Waals surface area (Å²) >= 11 is 3.74. The van der Waals surface area contributed by atoms with Crippen molar-refractivity contribution in [2.45, 2.75) is 45.2 Å². The summed E-state index contributed by atoms with van der Waals surface area (Å²) in [5.41, 5.74) is 2.69. The van der Waals surface area contributed by atoms with E-state index in [1.165, 1.54) is 41.5 Å². The smallest absolute Gasteiger partial charge is 0.0513 e. The van der Waals surface area contributed by atoms with E-state index in [1.54, 1.807) is 0 Å². The lowest BCUT2D eigenvalue weighted by molar-refractivity contribution is 0.641. The Kier molecular flexibility index (Phi) is 4.68. The minimum Gasteiger partial charge on any atom is -0.368 e. The van der Waals surface area contributed by atoms with Crippen molar-refractivity contribution in [3.63, 3.8) is 0 Å². The summed E-state index contributed by atoms with van der Waals surface area (Å²) < 4.78 is 1.22. The number of hydrogen-bond donors (Lipinski definition) is 1. The number of benzene rings is 1. The Balaban J connectivity index is 2.24. The van der Waals surface area contributed by atoms with Gasteiger partial charge in [0.2, 0.25) is 0 Å². The number of nitrogens with zero attached hydrogens (tertiary/aromatic N) is 1. The molecule has 0 spiro atoms. The van der Waals surface area contributed by atoms with Gasteiger partial charge in [-0.05, 0) is 66.9 Å². The van der Waals surface area contributed by atoms with Crippen molar-refractivity contribution in [2.24, 2.45) is 0 Å². The molecular weight excluding hydrogens is 288 g/mol. The lowest BCUT2D eigenvalue weighted by Gasteiger charge is -2.27. The maximum atomic E-state index is 3.74. The zero-order chi connectivity index (χ0) is 13.1. The second-order valence-electron chi connectivity index (χ2n) is 5.12. The summed E-state index contributed by atoms with van der Waals surface area (Å²) in [5.74, 6) is 0. The zero-order valence-electron chi connectivity index (χ0n) is 11.5. The number of nitrogens with one attached hydrogen (secondary N) is 1. The van der Waals surface area contributed by atoms with Crippen molar-refractivity contribution in [3.8, 4) is 0 Å². The van der Waals surface area contributed by atoms with E-state index in [1.807, 2.05) is 7.05 Å². The normalized spacial score (nSPS) is 21.3. The molecule has 2 rings (SSSR count). The van der Waals surface area contributed by atoms with Crippen LogP contribution in [0.3, 0.4) is 0 Å². The fourth-order valence-electron chi connectivity index (χ4n) is 2.77. The predicted molar refractivity (Wildman–Crippen MR) is 82.3 cm³/mol. The predicted octanol–water partition coefficient (Wildman–Crippen LogP) is 4.11. The van der Waals surface area contributed by atoms with Crippen LogP contribution in [-0.2, 0) is 0 Å². The van der Waals surface area contributed by atoms with Gasteiger partial charge in [-0.25, -0.2) is 0 Å². The molecule has 1 fully saturated rings. The number of halogens is 1. The van der Waals surface area contributed by atoms with Gasteiger partial charge in [0.15, 0.2) is 0 Å². The van der Waals surface area contributed by atoms with E-state index in [0.29, 0.717) is 12.1 Å². The van der Waals surface area contributed by atoms with Crippen LogP contribution in [0.15, 0.2) is 22.7 Å². The highest BCUT2D eigenvalue weighted by Crippen LogP contribution is 2.34. The Labute approximate surface area is 119 Å². The second-order valence-corrected chi connectivity index (χ2v) is 5.97. The molecule has 1 heterocycles. The van der Waals surface area contributed by atoms with Crippen LogP contribution in [0.5, 0.6) is 0 Å². The van der Waals surface area contributed by atoms with Crippen LogP contribution in [-0.4, -0.2) is 19.6 Å². The summed E-state index contributed by atoms with van der Waals surface area (Å²) in [7, 11) is 2.00. The van der Waals surface area contributed by atoms with E-state index in [9.17, 15) is 0 Å². The quantitative estimate of drug-likeness (QED) is 0.900. The van der Waals surface area contributed by atoms with E-state index >= 15 is 0 Å². The Bertz CT molecular complexity index is 405. The largest absolute Gasteiger partial charge is 0.368 e. The molecule has 0 amide bonds. The highest BCUT2D eigenvalue weighted by atomic mass is 79.9. The standard InChI is InChI=1S/C15H23BrN2/c1-4-13-6-5-9-18(13)15-8-7-12(10-14(15)16)11(2)17-3/h7-8,10-11,13,17H,4-6,9H2,1-3H3. The van der Waals surface area contributed by atoms with Gasteiger partial charge in [-0.3, -0.25) is 0 Å². The molecule has 0 bridgehead atoms. The van der Waals surface area contributed by atoms with Gasteiger partial charge in [-0.2, -0.15) is 0 Å². The molecule has 0 saturated carbocycles. The van der Waals surface area contributed by atoms with Crippen LogP contribution in [0.1, 0.15) is 44.7 Å². The highest BCUT2D eigenvalue weighted by Gasteiger charge is 2.24. The van der Waals surface area contributed by atoms with E-state index < -0.39 is 0 Å². The average molecular weight is 311 g/mol. The van der Waals surface area contributed by atoms with Gasteiger partial charge in [0.1, 0.15) is 0 Å². The van der Waals surface area contributed by atoms with E-state index in [0.717, 1.165) is 0 Å². The van der Waals surface area contributed by atoms with Gasteiger partial charge in [0.25, 0.3) is 0 Å². The van der Waals surface area contributed by atoms with Crippen LogP contribution in [0.2, 0.25) is 0 Å². The SMILES string of the molecule is CCC1CCCN1c1ccc(C(C)NC)cc1Br. The third-order valence-electron chi connectivity index (χ3n) is 4.06. The number of rotatable bonds is 4. The van der Waals surface area contributed by atoms with Crippen LogP contribution in [0, 0.1) is 0 Å². The minimum atomic E-state index is 0.399. The van der Waals surface area contributed by atoms with Crippen molar-refractivity contribution >= 4 is 21.6 Å². The topological polar surface area (TPSA) is 15.3 Å². The number of anilines is 1. The lowest BCUT2D eigenvalue weighted by Crippen LogP contribution is -2.28. The fourth-order valence-corrected chi connectivity index (χ4v) is 3.39. The van der Waals surface area contributed by atoms with Gasteiger partial charge >= 0.3 is 0 Å².